The van der Waals surface area contributed by atoms with E-state index in [0.29, 0.717) is 28.4 Å². The van der Waals surface area contributed by atoms with Gasteiger partial charge in [-0.25, -0.2) is 13.8 Å². The van der Waals surface area contributed by atoms with E-state index in [9.17, 15) is 18.0 Å². The fourth-order valence-corrected chi connectivity index (χ4v) is 5.84. The van der Waals surface area contributed by atoms with Gasteiger partial charge < -0.3 is 10.1 Å². The molecule has 2 amide bonds. The van der Waals surface area contributed by atoms with Gasteiger partial charge in [0.2, 0.25) is 0 Å². The standard InChI is InChI=1S/C33H33ClN4O5S/c1-24-11-17-29(18-12-24)44(41,42)38(31-10-6-9-30(34)25(31)2)22-32(39)37-36-21-27-13-15-28(16-14-27)43-23-33(40)35-20-19-26-7-4-3-5-8-26/h3-18,21H,19-20,22-23H2,1-2H3,(H,35,40)(H,37,39)/b36-21-. The van der Waals surface area contributed by atoms with E-state index in [-0.39, 0.29) is 23.1 Å². The molecule has 0 saturated carbocycles. The molecule has 0 fully saturated rings. The van der Waals surface area contributed by atoms with Crippen LogP contribution in [0.4, 0.5) is 5.69 Å². The first-order chi connectivity index (χ1) is 21.1. The molecule has 4 rings (SSSR count). The van der Waals surface area contributed by atoms with E-state index in [4.69, 9.17) is 16.3 Å². The van der Waals surface area contributed by atoms with Crippen molar-refractivity contribution < 1.29 is 22.7 Å². The van der Waals surface area contributed by atoms with Gasteiger partial charge in [-0.05, 0) is 85.5 Å². The third-order valence-electron chi connectivity index (χ3n) is 6.64. The molecular formula is C33H33ClN4O5S. The number of aryl methyl sites for hydroxylation is 1. The minimum Gasteiger partial charge on any atom is -0.484 e. The van der Waals surface area contributed by atoms with E-state index < -0.39 is 22.5 Å². The number of hydrogen-bond donors (Lipinski definition) is 2. The Morgan fingerprint density at radius 1 is 0.886 bits per heavy atom. The fourth-order valence-electron chi connectivity index (χ4n) is 4.19. The van der Waals surface area contributed by atoms with Crippen LogP contribution in [0.5, 0.6) is 5.75 Å². The molecular weight excluding hydrogens is 600 g/mol. The lowest BCUT2D eigenvalue weighted by Crippen LogP contribution is -2.40. The summed E-state index contributed by atoms with van der Waals surface area (Å²) in [5.74, 6) is -0.367. The molecule has 0 saturated heterocycles. The second-order valence-corrected chi connectivity index (χ2v) is 12.2. The molecule has 0 heterocycles. The van der Waals surface area contributed by atoms with Crippen LogP contribution in [0.3, 0.4) is 0 Å². The Hall–Kier alpha value is -4.67. The molecule has 4 aromatic carbocycles. The summed E-state index contributed by atoms with van der Waals surface area (Å²) in [6, 6.07) is 27.9. The van der Waals surface area contributed by atoms with Gasteiger partial charge in [0.25, 0.3) is 21.8 Å². The van der Waals surface area contributed by atoms with Crippen molar-refractivity contribution in [2.75, 3.05) is 24.0 Å². The van der Waals surface area contributed by atoms with Crippen molar-refractivity contribution in [2.45, 2.75) is 25.2 Å². The number of ether oxygens (including phenoxy) is 1. The summed E-state index contributed by atoms with van der Waals surface area (Å²) in [7, 11) is -4.10. The van der Waals surface area contributed by atoms with Crippen molar-refractivity contribution in [3.05, 3.63) is 124 Å². The van der Waals surface area contributed by atoms with E-state index >= 15 is 0 Å². The molecule has 228 valence electrons. The van der Waals surface area contributed by atoms with Crippen LogP contribution in [-0.4, -0.2) is 46.1 Å². The molecule has 0 aromatic heterocycles. The fraction of sp³-hybridized carbons (Fsp3) is 0.182. The quantitative estimate of drug-likeness (QED) is 0.158. The number of carbonyl (C=O) groups excluding carboxylic acids is 2. The molecule has 0 bridgehead atoms. The summed E-state index contributed by atoms with van der Waals surface area (Å²) in [5.41, 5.74) is 5.90. The molecule has 0 atom stereocenters. The number of nitrogens with zero attached hydrogens (tertiary/aromatic N) is 2. The monoisotopic (exact) mass is 632 g/mol. The zero-order valence-electron chi connectivity index (χ0n) is 24.4. The summed E-state index contributed by atoms with van der Waals surface area (Å²) in [6.45, 7) is 3.43. The van der Waals surface area contributed by atoms with Crippen LogP contribution < -0.4 is 19.8 Å². The number of benzene rings is 4. The second-order valence-electron chi connectivity index (χ2n) is 9.95. The molecule has 0 aliphatic rings. The van der Waals surface area contributed by atoms with Crippen LogP contribution in [0.25, 0.3) is 0 Å². The van der Waals surface area contributed by atoms with Gasteiger partial charge in [0.15, 0.2) is 6.61 Å². The summed E-state index contributed by atoms with van der Waals surface area (Å²) in [5, 5.41) is 7.18. The molecule has 0 unspecified atom stereocenters. The molecule has 2 N–H and O–H groups in total. The summed E-state index contributed by atoms with van der Waals surface area (Å²) < 4.78 is 33.8. The number of hydrazone groups is 1. The van der Waals surface area contributed by atoms with Crippen LogP contribution in [-0.2, 0) is 26.0 Å². The van der Waals surface area contributed by atoms with E-state index in [1.165, 1.54) is 18.3 Å². The second kappa shape index (κ2) is 15.2. The number of carbonyl (C=O) groups is 2. The highest BCUT2D eigenvalue weighted by molar-refractivity contribution is 7.92. The molecule has 0 radical (unpaired) electrons. The van der Waals surface area contributed by atoms with Gasteiger partial charge in [0.1, 0.15) is 12.3 Å². The van der Waals surface area contributed by atoms with Gasteiger partial charge in [-0.1, -0.05) is 65.7 Å². The van der Waals surface area contributed by atoms with Crippen molar-refractivity contribution in [1.29, 1.82) is 0 Å². The number of anilines is 1. The molecule has 44 heavy (non-hydrogen) atoms. The van der Waals surface area contributed by atoms with E-state index in [1.807, 2.05) is 37.3 Å². The minimum atomic E-state index is -4.10. The number of amides is 2. The molecule has 0 aliphatic heterocycles. The zero-order valence-corrected chi connectivity index (χ0v) is 25.9. The lowest BCUT2D eigenvalue weighted by atomic mass is 10.1. The van der Waals surface area contributed by atoms with Crippen LogP contribution >= 0.6 is 11.6 Å². The number of nitrogens with one attached hydrogen (secondary N) is 2. The highest BCUT2D eigenvalue weighted by atomic mass is 35.5. The van der Waals surface area contributed by atoms with Crippen LogP contribution in [0, 0.1) is 13.8 Å². The van der Waals surface area contributed by atoms with E-state index in [1.54, 1.807) is 61.5 Å². The Bertz CT molecular complexity index is 1710. The van der Waals surface area contributed by atoms with Gasteiger partial charge in [-0.2, -0.15) is 5.10 Å². The predicted octanol–water partition coefficient (Wildman–Crippen LogP) is 5.04. The average Bonchev–Trinajstić information content (AvgIpc) is 3.02. The summed E-state index contributed by atoms with van der Waals surface area (Å²) in [6.07, 6.45) is 2.15. The van der Waals surface area contributed by atoms with Gasteiger partial charge in [-0.15, -0.1) is 0 Å². The largest absolute Gasteiger partial charge is 0.484 e. The Balaban J connectivity index is 1.32. The third kappa shape index (κ3) is 8.92. The van der Waals surface area contributed by atoms with Gasteiger partial charge in [-0.3, -0.25) is 13.9 Å². The van der Waals surface area contributed by atoms with E-state index in [0.717, 1.165) is 21.9 Å². The van der Waals surface area contributed by atoms with Gasteiger partial charge in [0, 0.05) is 11.6 Å². The number of rotatable bonds is 13. The number of halogens is 1. The van der Waals surface area contributed by atoms with E-state index in [2.05, 4.69) is 15.8 Å². The molecule has 4 aromatic rings. The molecule has 11 heteroatoms. The average molecular weight is 633 g/mol. The van der Waals surface area contributed by atoms with Crippen molar-refractivity contribution >= 4 is 45.3 Å². The smallest absolute Gasteiger partial charge is 0.264 e. The Morgan fingerprint density at radius 2 is 1.59 bits per heavy atom. The number of sulfonamides is 1. The molecule has 0 aliphatic carbocycles. The molecule has 0 spiro atoms. The first kappa shape index (κ1) is 32.2. The van der Waals surface area contributed by atoms with Crippen molar-refractivity contribution in [3.63, 3.8) is 0 Å². The normalized spacial score (nSPS) is 11.2. The SMILES string of the molecule is Cc1ccc(S(=O)(=O)N(CC(=O)N/N=C\c2ccc(OCC(=O)NCCc3ccccc3)cc2)c2cccc(Cl)c2C)cc1. The Morgan fingerprint density at radius 3 is 2.30 bits per heavy atom. The van der Waals surface area contributed by atoms with Crippen molar-refractivity contribution in [3.8, 4) is 5.75 Å². The maximum atomic E-state index is 13.6. The predicted molar refractivity (Wildman–Crippen MR) is 173 cm³/mol. The highest BCUT2D eigenvalue weighted by Gasteiger charge is 2.28. The zero-order chi connectivity index (χ0) is 31.5. The maximum absolute atomic E-state index is 13.6. The van der Waals surface area contributed by atoms with Gasteiger partial charge >= 0.3 is 0 Å². The highest BCUT2D eigenvalue weighted by Crippen LogP contribution is 2.30. The van der Waals surface area contributed by atoms with Crippen LogP contribution in [0.15, 0.2) is 107 Å². The first-order valence-corrected chi connectivity index (χ1v) is 15.7. The van der Waals surface area contributed by atoms with Crippen molar-refractivity contribution in [2.24, 2.45) is 5.10 Å². The Labute approximate surface area is 262 Å². The number of hydrogen-bond acceptors (Lipinski definition) is 6. The summed E-state index contributed by atoms with van der Waals surface area (Å²) in [4.78, 5) is 25.0. The molecule has 9 nitrogen and oxygen atoms in total. The Kier molecular flexibility index (Phi) is 11.1. The lowest BCUT2D eigenvalue weighted by molar-refractivity contribution is -0.123. The minimum absolute atomic E-state index is 0.0470. The summed E-state index contributed by atoms with van der Waals surface area (Å²) >= 11 is 6.28. The van der Waals surface area contributed by atoms with Crippen LogP contribution in [0.2, 0.25) is 5.02 Å². The lowest BCUT2D eigenvalue weighted by Gasteiger charge is -2.25. The van der Waals surface area contributed by atoms with Crippen molar-refractivity contribution in [1.82, 2.24) is 10.7 Å². The van der Waals surface area contributed by atoms with Crippen LogP contribution in [0.1, 0.15) is 22.3 Å². The maximum Gasteiger partial charge on any atom is 0.264 e. The van der Waals surface area contributed by atoms with Gasteiger partial charge in [0.05, 0.1) is 16.8 Å². The first-order valence-electron chi connectivity index (χ1n) is 13.8. The third-order valence-corrected chi connectivity index (χ3v) is 8.82. The topological polar surface area (TPSA) is 117 Å².